The van der Waals surface area contributed by atoms with Gasteiger partial charge in [0.15, 0.2) is 0 Å². The quantitative estimate of drug-likeness (QED) is 0.533. The molecule has 0 fully saturated rings. The van der Waals surface area contributed by atoms with Crippen LogP contribution in [0, 0.1) is 5.21 Å². The molecule has 0 radical (unpaired) electrons. The van der Waals surface area contributed by atoms with Crippen LogP contribution in [-0.4, -0.2) is 11.7 Å². The second kappa shape index (κ2) is 5.82. The SMILES string of the molecule is CSCc1cc(N)cc([NH2+][O-])c1.O. The smallest absolute Gasteiger partial charge is 0.131 e. The third-order valence-electron chi connectivity index (χ3n) is 1.48. The Balaban J connectivity index is 0.00000144. The van der Waals surface area contributed by atoms with Crippen molar-refractivity contribution in [3.05, 3.63) is 29.0 Å². The van der Waals surface area contributed by atoms with E-state index in [4.69, 9.17) is 5.73 Å². The summed E-state index contributed by atoms with van der Waals surface area (Å²) in [5.74, 6) is 0.895. The molecule has 74 valence electrons. The highest BCUT2D eigenvalue weighted by Gasteiger charge is 1.98. The van der Waals surface area contributed by atoms with Crippen molar-refractivity contribution in [2.24, 2.45) is 0 Å². The zero-order valence-electron chi connectivity index (χ0n) is 7.41. The van der Waals surface area contributed by atoms with Gasteiger partial charge in [0.1, 0.15) is 5.69 Å². The van der Waals surface area contributed by atoms with Crippen molar-refractivity contribution in [1.82, 2.24) is 0 Å². The zero-order chi connectivity index (χ0) is 8.97. The number of rotatable bonds is 3. The molecule has 0 aliphatic rings. The largest absolute Gasteiger partial charge is 0.630 e. The minimum absolute atomic E-state index is 0. The summed E-state index contributed by atoms with van der Waals surface area (Å²) in [7, 11) is 0. The molecule has 1 rings (SSSR count). The summed E-state index contributed by atoms with van der Waals surface area (Å²) >= 11 is 1.71. The Kier molecular flexibility index (Phi) is 5.48. The van der Waals surface area contributed by atoms with Crippen LogP contribution >= 0.6 is 11.8 Å². The number of benzene rings is 1. The lowest BCUT2D eigenvalue weighted by Crippen LogP contribution is -2.70. The fourth-order valence-corrected chi connectivity index (χ4v) is 1.56. The Morgan fingerprint density at radius 2 is 2.15 bits per heavy atom. The maximum absolute atomic E-state index is 10.5. The van der Waals surface area contributed by atoms with Gasteiger partial charge in [0.05, 0.1) is 0 Å². The van der Waals surface area contributed by atoms with Crippen LogP contribution < -0.4 is 11.2 Å². The van der Waals surface area contributed by atoms with Gasteiger partial charge >= 0.3 is 0 Å². The van der Waals surface area contributed by atoms with E-state index in [9.17, 15) is 5.21 Å². The fourth-order valence-electron chi connectivity index (χ4n) is 1.06. The topological polar surface area (TPSA) is 97.2 Å². The molecule has 0 saturated heterocycles. The number of nitrogens with two attached hydrogens (primary N) is 2. The summed E-state index contributed by atoms with van der Waals surface area (Å²) < 4.78 is 0. The van der Waals surface area contributed by atoms with Gasteiger partial charge in [-0.25, -0.2) is 0 Å². The van der Waals surface area contributed by atoms with Crippen molar-refractivity contribution in [3.63, 3.8) is 0 Å². The molecule has 0 saturated carbocycles. The van der Waals surface area contributed by atoms with Crippen molar-refractivity contribution in [1.29, 1.82) is 0 Å². The molecule has 6 N–H and O–H groups in total. The molecule has 0 aliphatic heterocycles. The standard InChI is InChI=1S/C8H12N2OS.H2O/c1-12-5-6-2-7(9)4-8(3-6)10-11;/h2-4H,5,9-10H2,1H3;1H2. The molecule has 0 heterocycles. The normalized spacial score (nSPS) is 9.38. The van der Waals surface area contributed by atoms with Crippen molar-refractivity contribution < 1.29 is 11.0 Å². The third kappa shape index (κ3) is 3.65. The van der Waals surface area contributed by atoms with Crippen LogP contribution in [0.2, 0.25) is 0 Å². The van der Waals surface area contributed by atoms with Crippen LogP contribution in [0.5, 0.6) is 0 Å². The first-order chi connectivity index (χ1) is 5.76. The van der Waals surface area contributed by atoms with Crippen molar-refractivity contribution in [3.8, 4) is 0 Å². The van der Waals surface area contributed by atoms with Gasteiger partial charge in [-0.15, -0.1) is 0 Å². The summed E-state index contributed by atoms with van der Waals surface area (Å²) in [4.78, 5) is 0. The van der Waals surface area contributed by atoms with Crippen LogP contribution in [0.1, 0.15) is 5.56 Å². The van der Waals surface area contributed by atoms with Gasteiger partial charge in [-0.3, -0.25) is 0 Å². The monoisotopic (exact) mass is 202 g/mol. The highest BCUT2D eigenvalue weighted by atomic mass is 32.2. The average molecular weight is 202 g/mol. The van der Waals surface area contributed by atoms with Gasteiger partial charge in [0.2, 0.25) is 0 Å². The van der Waals surface area contributed by atoms with E-state index in [1.54, 1.807) is 17.8 Å². The molecule has 0 aliphatic carbocycles. The number of quaternary nitrogens is 1. The van der Waals surface area contributed by atoms with Crippen LogP contribution in [0.4, 0.5) is 11.4 Å². The van der Waals surface area contributed by atoms with E-state index >= 15 is 0 Å². The van der Waals surface area contributed by atoms with Gasteiger partial charge in [-0.1, -0.05) is 0 Å². The Morgan fingerprint density at radius 1 is 1.46 bits per heavy atom. The molecular weight excluding hydrogens is 188 g/mol. The molecule has 4 nitrogen and oxygen atoms in total. The number of hydrogen-bond donors (Lipinski definition) is 2. The lowest BCUT2D eigenvalue weighted by molar-refractivity contribution is -0.497. The maximum atomic E-state index is 10.5. The molecule has 1 aromatic rings. The highest BCUT2D eigenvalue weighted by molar-refractivity contribution is 7.97. The van der Waals surface area contributed by atoms with Gasteiger partial charge in [0, 0.05) is 23.6 Å². The predicted molar refractivity (Wildman–Crippen MR) is 56.6 cm³/mol. The third-order valence-corrected chi connectivity index (χ3v) is 2.11. The molecular formula is C8H14N2O2S. The molecule has 0 atom stereocenters. The first-order valence-electron chi connectivity index (χ1n) is 3.60. The van der Waals surface area contributed by atoms with E-state index in [0.717, 1.165) is 16.8 Å². The lowest BCUT2D eigenvalue weighted by atomic mass is 10.2. The van der Waals surface area contributed by atoms with Crippen molar-refractivity contribution in [2.75, 3.05) is 12.0 Å². The summed E-state index contributed by atoms with van der Waals surface area (Å²) in [6, 6.07) is 5.43. The summed E-state index contributed by atoms with van der Waals surface area (Å²) in [5.41, 5.74) is 8.83. The first-order valence-corrected chi connectivity index (χ1v) is 4.99. The molecule has 0 spiro atoms. The van der Waals surface area contributed by atoms with Crippen LogP contribution in [-0.2, 0) is 5.75 Å². The van der Waals surface area contributed by atoms with E-state index in [2.05, 4.69) is 0 Å². The van der Waals surface area contributed by atoms with Crippen LogP contribution in [0.3, 0.4) is 0 Å². The molecule has 0 aromatic heterocycles. The number of thioether (sulfide) groups is 1. The van der Waals surface area contributed by atoms with Gasteiger partial charge in [-0.05, 0) is 17.9 Å². The second-order valence-electron chi connectivity index (χ2n) is 2.56. The van der Waals surface area contributed by atoms with E-state index < -0.39 is 0 Å². The average Bonchev–Trinajstić information content (AvgIpc) is 2.04. The van der Waals surface area contributed by atoms with E-state index in [1.807, 2.05) is 18.4 Å². The fraction of sp³-hybridized carbons (Fsp3) is 0.250. The lowest BCUT2D eigenvalue weighted by Gasteiger charge is -2.05. The molecule has 0 bridgehead atoms. The molecule has 5 heteroatoms. The Bertz CT molecular complexity index is 268. The summed E-state index contributed by atoms with van der Waals surface area (Å²) in [6.07, 6.45) is 2.02. The number of anilines is 1. The minimum atomic E-state index is 0. The summed E-state index contributed by atoms with van der Waals surface area (Å²) in [5, 5.41) is 10.5. The molecule has 1 aromatic carbocycles. The minimum Gasteiger partial charge on any atom is -0.630 e. The maximum Gasteiger partial charge on any atom is 0.131 e. The Morgan fingerprint density at radius 3 is 2.69 bits per heavy atom. The highest BCUT2D eigenvalue weighted by Crippen LogP contribution is 2.16. The first kappa shape index (κ1) is 12.2. The molecule has 13 heavy (non-hydrogen) atoms. The van der Waals surface area contributed by atoms with Crippen molar-refractivity contribution in [2.45, 2.75) is 5.75 Å². The number of nitrogen functional groups attached to an aromatic ring is 1. The van der Waals surface area contributed by atoms with Gasteiger partial charge in [0.25, 0.3) is 0 Å². The molecule has 0 amide bonds. The predicted octanol–water partition coefficient (Wildman–Crippen LogP) is -0.000200. The Hall–Kier alpha value is -0.750. The van der Waals surface area contributed by atoms with Crippen molar-refractivity contribution >= 4 is 23.1 Å². The van der Waals surface area contributed by atoms with Gasteiger partial charge < -0.3 is 21.9 Å². The van der Waals surface area contributed by atoms with Gasteiger partial charge in [-0.2, -0.15) is 11.8 Å². The second-order valence-corrected chi connectivity index (χ2v) is 3.42. The summed E-state index contributed by atoms with van der Waals surface area (Å²) in [6.45, 7) is 0. The van der Waals surface area contributed by atoms with E-state index in [1.165, 1.54) is 0 Å². The van der Waals surface area contributed by atoms with Crippen LogP contribution in [0.15, 0.2) is 18.2 Å². The molecule has 0 unspecified atom stereocenters. The number of hydrogen-bond acceptors (Lipinski definition) is 3. The van der Waals surface area contributed by atoms with E-state index in [0.29, 0.717) is 11.4 Å². The zero-order valence-corrected chi connectivity index (χ0v) is 8.23. The Labute approximate surface area is 81.4 Å². The van der Waals surface area contributed by atoms with Crippen LogP contribution in [0.25, 0.3) is 0 Å². The van der Waals surface area contributed by atoms with E-state index in [-0.39, 0.29) is 5.48 Å².